The Bertz CT molecular complexity index is 359. The SMILES string of the molecule is CC(CCO)SCC(=O)Nc1ccc(Br)cn1. The molecule has 0 aromatic carbocycles. The molecular formula is C11H15BrN2O2S. The van der Waals surface area contributed by atoms with Crippen molar-refractivity contribution in [2.75, 3.05) is 17.7 Å². The summed E-state index contributed by atoms with van der Waals surface area (Å²) in [5.41, 5.74) is 0. The fraction of sp³-hybridized carbons (Fsp3) is 0.455. The number of rotatable bonds is 6. The lowest BCUT2D eigenvalue weighted by atomic mass is 10.3. The molecule has 1 rings (SSSR count). The van der Waals surface area contributed by atoms with E-state index in [4.69, 9.17) is 5.11 Å². The molecule has 1 heterocycles. The second kappa shape index (κ2) is 7.68. The average Bonchev–Trinajstić information content (AvgIpc) is 2.30. The van der Waals surface area contributed by atoms with Crippen molar-refractivity contribution in [1.29, 1.82) is 0 Å². The Morgan fingerprint density at radius 2 is 2.41 bits per heavy atom. The molecule has 0 fully saturated rings. The molecule has 0 aliphatic rings. The zero-order chi connectivity index (χ0) is 12.7. The van der Waals surface area contributed by atoms with Crippen LogP contribution in [0.1, 0.15) is 13.3 Å². The van der Waals surface area contributed by atoms with E-state index in [9.17, 15) is 4.79 Å². The number of aliphatic hydroxyl groups excluding tert-OH is 1. The highest BCUT2D eigenvalue weighted by Crippen LogP contribution is 2.14. The molecule has 4 nitrogen and oxygen atoms in total. The number of amides is 1. The Morgan fingerprint density at radius 3 is 3.00 bits per heavy atom. The lowest BCUT2D eigenvalue weighted by Gasteiger charge is -2.09. The first kappa shape index (κ1) is 14.5. The Balaban J connectivity index is 2.32. The largest absolute Gasteiger partial charge is 0.396 e. The van der Waals surface area contributed by atoms with Gasteiger partial charge in [0.25, 0.3) is 0 Å². The number of aliphatic hydroxyl groups is 1. The fourth-order valence-electron chi connectivity index (χ4n) is 1.11. The number of pyridine rings is 1. The van der Waals surface area contributed by atoms with Crippen LogP contribution in [0.5, 0.6) is 0 Å². The number of nitrogens with one attached hydrogen (secondary N) is 1. The molecule has 1 aromatic heterocycles. The van der Waals surface area contributed by atoms with Gasteiger partial charge in [0.05, 0.1) is 5.75 Å². The summed E-state index contributed by atoms with van der Waals surface area (Å²) in [6.07, 6.45) is 2.34. The first-order valence-electron chi connectivity index (χ1n) is 5.25. The van der Waals surface area contributed by atoms with Crippen LogP contribution in [-0.2, 0) is 4.79 Å². The van der Waals surface area contributed by atoms with Crippen LogP contribution in [0.15, 0.2) is 22.8 Å². The molecule has 94 valence electrons. The number of aromatic nitrogens is 1. The molecule has 0 aliphatic carbocycles. The topological polar surface area (TPSA) is 62.2 Å². The van der Waals surface area contributed by atoms with Crippen LogP contribution in [0.4, 0.5) is 5.82 Å². The summed E-state index contributed by atoms with van der Waals surface area (Å²) in [6, 6.07) is 3.56. The number of carbonyl (C=O) groups is 1. The van der Waals surface area contributed by atoms with E-state index in [1.807, 2.05) is 13.0 Å². The predicted molar refractivity (Wildman–Crippen MR) is 74.2 cm³/mol. The molecule has 1 atom stereocenters. The second-order valence-electron chi connectivity index (χ2n) is 3.54. The van der Waals surface area contributed by atoms with E-state index in [1.165, 1.54) is 11.8 Å². The van der Waals surface area contributed by atoms with Crippen LogP contribution >= 0.6 is 27.7 Å². The summed E-state index contributed by atoms with van der Waals surface area (Å²) < 4.78 is 0.876. The minimum Gasteiger partial charge on any atom is -0.396 e. The Kier molecular flexibility index (Phi) is 6.54. The summed E-state index contributed by atoms with van der Waals surface area (Å²) in [6.45, 7) is 2.15. The van der Waals surface area contributed by atoms with Crippen molar-refractivity contribution in [3.63, 3.8) is 0 Å². The lowest BCUT2D eigenvalue weighted by molar-refractivity contribution is -0.113. The Labute approximate surface area is 113 Å². The Hall–Kier alpha value is -0.590. The third-order valence-electron chi connectivity index (χ3n) is 2.03. The van der Waals surface area contributed by atoms with E-state index >= 15 is 0 Å². The number of carbonyl (C=O) groups excluding carboxylic acids is 1. The fourth-order valence-corrected chi connectivity index (χ4v) is 2.13. The maximum atomic E-state index is 11.6. The molecule has 0 saturated carbocycles. The lowest BCUT2D eigenvalue weighted by Crippen LogP contribution is -2.16. The quantitative estimate of drug-likeness (QED) is 0.844. The van der Waals surface area contributed by atoms with Crippen LogP contribution < -0.4 is 5.32 Å². The maximum Gasteiger partial charge on any atom is 0.235 e. The van der Waals surface area contributed by atoms with Crippen molar-refractivity contribution in [2.45, 2.75) is 18.6 Å². The molecule has 1 aromatic rings. The Morgan fingerprint density at radius 1 is 1.65 bits per heavy atom. The molecule has 6 heteroatoms. The van der Waals surface area contributed by atoms with Crippen molar-refractivity contribution in [3.8, 4) is 0 Å². The number of halogens is 1. The predicted octanol–water partition coefficient (Wildman–Crippen LogP) is 2.29. The van der Waals surface area contributed by atoms with Gasteiger partial charge in [0.2, 0.25) is 5.91 Å². The molecule has 0 radical (unpaired) electrons. The number of nitrogens with zero attached hydrogens (tertiary/aromatic N) is 1. The zero-order valence-electron chi connectivity index (χ0n) is 9.52. The average molecular weight is 319 g/mol. The van der Waals surface area contributed by atoms with Crippen LogP contribution in [0.2, 0.25) is 0 Å². The van der Waals surface area contributed by atoms with Gasteiger partial charge in [-0.3, -0.25) is 4.79 Å². The molecule has 0 bridgehead atoms. The van der Waals surface area contributed by atoms with Crippen molar-refractivity contribution in [3.05, 3.63) is 22.8 Å². The van der Waals surface area contributed by atoms with E-state index < -0.39 is 0 Å². The third kappa shape index (κ3) is 6.05. The van der Waals surface area contributed by atoms with Gasteiger partial charge in [-0.15, -0.1) is 11.8 Å². The first-order chi connectivity index (χ1) is 8.11. The second-order valence-corrected chi connectivity index (χ2v) is 5.89. The van der Waals surface area contributed by atoms with Gasteiger partial charge in [-0.05, 0) is 34.5 Å². The number of anilines is 1. The number of hydrogen-bond donors (Lipinski definition) is 2. The summed E-state index contributed by atoms with van der Waals surface area (Å²) in [5, 5.41) is 11.7. The van der Waals surface area contributed by atoms with E-state index in [0.717, 1.165) is 4.47 Å². The van der Waals surface area contributed by atoms with Gasteiger partial charge in [-0.2, -0.15) is 0 Å². The molecule has 1 amide bonds. The molecule has 17 heavy (non-hydrogen) atoms. The summed E-state index contributed by atoms with van der Waals surface area (Å²) in [4.78, 5) is 15.6. The highest BCUT2D eigenvalue weighted by Gasteiger charge is 2.07. The van der Waals surface area contributed by atoms with Crippen LogP contribution in [0.3, 0.4) is 0 Å². The molecular weight excluding hydrogens is 304 g/mol. The standard InChI is InChI=1S/C11H15BrN2O2S/c1-8(4-5-15)17-7-11(16)14-10-3-2-9(12)6-13-10/h2-3,6,8,15H,4-5,7H2,1H3,(H,13,14,16). The third-order valence-corrected chi connectivity index (χ3v) is 3.73. The maximum absolute atomic E-state index is 11.6. The van der Waals surface area contributed by atoms with Crippen molar-refractivity contribution in [2.24, 2.45) is 0 Å². The van der Waals surface area contributed by atoms with E-state index in [2.05, 4.69) is 26.2 Å². The smallest absolute Gasteiger partial charge is 0.235 e. The van der Waals surface area contributed by atoms with Gasteiger partial charge in [-0.25, -0.2) is 4.98 Å². The monoisotopic (exact) mass is 318 g/mol. The van der Waals surface area contributed by atoms with Crippen molar-refractivity contribution >= 4 is 39.4 Å². The van der Waals surface area contributed by atoms with E-state index in [1.54, 1.807) is 12.3 Å². The minimum absolute atomic E-state index is 0.0744. The van der Waals surface area contributed by atoms with E-state index in [-0.39, 0.29) is 17.8 Å². The van der Waals surface area contributed by atoms with Gasteiger partial charge < -0.3 is 10.4 Å². The van der Waals surface area contributed by atoms with Crippen molar-refractivity contribution in [1.82, 2.24) is 4.98 Å². The number of thioether (sulfide) groups is 1. The molecule has 0 aliphatic heterocycles. The summed E-state index contributed by atoms with van der Waals surface area (Å²) in [7, 11) is 0. The van der Waals surface area contributed by atoms with Crippen LogP contribution in [-0.4, -0.2) is 33.6 Å². The van der Waals surface area contributed by atoms with Gasteiger partial charge in [0.15, 0.2) is 0 Å². The van der Waals surface area contributed by atoms with Gasteiger partial charge in [0.1, 0.15) is 5.82 Å². The highest BCUT2D eigenvalue weighted by molar-refractivity contribution is 9.10. The van der Waals surface area contributed by atoms with Crippen LogP contribution in [0.25, 0.3) is 0 Å². The summed E-state index contributed by atoms with van der Waals surface area (Å²) >= 11 is 4.80. The molecule has 1 unspecified atom stereocenters. The minimum atomic E-state index is -0.0744. The van der Waals surface area contributed by atoms with E-state index in [0.29, 0.717) is 18.0 Å². The van der Waals surface area contributed by atoms with Gasteiger partial charge in [0, 0.05) is 22.5 Å². The zero-order valence-corrected chi connectivity index (χ0v) is 11.9. The number of hydrogen-bond acceptors (Lipinski definition) is 4. The first-order valence-corrected chi connectivity index (χ1v) is 7.10. The summed E-state index contributed by atoms with van der Waals surface area (Å²) in [5.74, 6) is 0.849. The molecule has 2 N–H and O–H groups in total. The van der Waals surface area contributed by atoms with Gasteiger partial charge in [-0.1, -0.05) is 6.92 Å². The van der Waals surface area contributed by atoms with Crippen molar-refractivity contribution < 1.29 is 9.90 Å². The van der Waals surface area contributed by atoms with Gasteiger partial charge >= 0.3 is 0 Å². The molecule has 0 saturated heterocycles. The normalized spacial score (nSPS) is 12.2. The molecule has 0 spiro atoms. The highest BCUT2D eigenvalue weighted by atomic mass is 79.9. The van der Waals surface area contributed by atoms with Crippen LogP contribution in [0, 0.1) is 0 Å².